The van der Waals surface area contributed by atoms with E-state index in [1.165, 1.54) is 6.20 Å². The fourth-order valence-electron chi connectivity index (χ4n) is 5.31. The molecule has 0 radical (unpaired) electrons. The Bertz CT molecular complexity index is 1150. The summed E-state index contributed by atoms with van der Waals surface area (Å²) in [4.78, 5) is 42.4. The summed E-state index contributed by atoms with van der Waals surface area (Å²) in [5, 5.41) is 17.4. The van der Waals surface area contributed by atoms with Crippen molar-refractivity contribution in [1.29, 1.82) is 0 Å². The molecule has 3 aliphatic carbocycles. The number of aliphatic hydroxyl groups is 1. The van der Waals surface area contributed by atoms with Crippen molar-refractivity contribution < 1.29 is 28.6 Å². The summed E-state index contributed by atoms with van der Waals surface area (Å²) in [6.07, 6.45) is 2.58. The van der Waals surface area contributed by atoms with Gasteiger partial charge < -0.3 is 24.9 Å². The molecule has 4 aliphatic rings. The number of Topliss-reactive ketones (excluding diaryl/α,β-unsaturated/α-hetero) is 1. The van der Waals surface area contributed by atoms with Crippen molar-refractivity contribution >= 4 is 29.2 Å². The van der Waals surface area contributed by atoms with E-state index >= 15 is 0 Å². The first-order valence-corrected chi connectivity index (χ1v) is 11.9. The molecule has 3 N–H and O–H groups in total. The number of aromatic nitrogens is 1. The summed E-state index contributed by atoms with van der Waals surface area (Å²) in [7, 11) is 0. The SMILES string of the molecule is CCc1ncc(C(=O)NC23CCC(NC(=O)[C@H]4CC(=O)c5cc(Cl)ccc5O4)(CC2)C[C@H]3O)o1. The molecule has 6 rings (SSSR count). The normalized spacial score (nSPS) is 29.8. The van der Waals surface area contributed by atoms with Gasteiger partial charge in [-0.05, 0) is 50.3 Å². The van der Waals surface area contributed by atoms with Crippen molar-refractivity contribution in [3.8, 4) is 5.75 Å². The Morgan fingerprint density at radius 2 is 2.00 bits per heavy atom. The Morgan fingerprint density at radius 3 is 2.68 bits per heavy atom. The van der Waals surface area contributed by atoms with Crippen LogP contribution in [-0.4, -0.2) is 51.0 Å². The lowest BCUT2D eigenvalue weighted by Crippen LogP contribution is -2.70. The van der Waals surface area contributed by atoms with Crippen LogP contribution in [0.3, 0.4) is 0 Å². The van der Waals surface area contributed by atoms with Gasteiger partial charge >= 0.3 is 0 Å². The first-order chi connectivity index (χ1) is 16.2. The van der Waals surface area contributed by atoms with E-state index in [0.29, 0.717) is 60.8 Å². The molecule has 9 nitrogen and oxygen atoms in total. The maximum absolute atomic E-state index is 13.1. The van der Waals surface area contributed by atoms with Crippen molar-refractivity contribution in [1.82, 2.24) is 15.6 Å². The molecule has 2 heterocycles. The summed E-state index contributed by atoms with van der Waals surface area (Å²) in [5.41, 5.74) is -1.02. The predicted octanol–water partition coefficient (Wildman–Crippen LogP) is 2.59. The Morgan fingerprint density at radius 1 is 1.24 bits per heavy atom. The highest BCUT2D eigenvalue weighted by Crippen LogP contribution is 2.47. The quantitative estimate of drug-likeness (QED) is 0.590. The van der Waals surface area contributed by atoms with E-state index < -0.39 is 29.2 Å². The first kappa shape index (κ1) is 22.9. The molecule has 2 bridgehead atoms. The highest BCUT2D eigenvalue weighted by atomic mass is 35.5. The predicted molar refractivity (Wildman–Crippen MR) is 121 cm³/mol. The molecule has 1 aliphatic heterocycles. The van der Waals surface area contributed by atoms with E-state index in [2.05, 4.69) is 15.6 Å². The number of ketones is 1. The molecule has 2 amide bonds. The van der Waals surface area contributed by atoms with Gasteiger partial charge in [0.2, 0.25) is 5.76 Å². The zero-order valence-electron chi connectivity index (χ0n) is 18.7. The molecule has 34 heavy (non-hydrogen) atoms. The summed E-state index contributed by atoms with van der Waals surface area (Å²) >= 11 is 5.96. The number of halogens is 1. The molecule has 2 aromatic rings. The molecule has 3 fully saturated rings. The standard InChI is InChI=1S/C24H26ClN3O6/c1-2-20-26-12-18(34-20)22(32)28-24-7-5-23(6-8-24,11-19(24)30)27-21(31)17-10-15(29)14-9-13(25)3-4-16(14)33-17/h3-4,9,12,17,19,30H,2,5-8,10-11H2,1H3,(H,27,31)(H,28,32)/t17-,19-,23?,24?/m1/s1. The van der Waals surface area contributed by atoms with Crippen molar-refractivity contribution in [2.24, 2.45) is 0 Å². The number of amides is 2. The van der Waals surface area contributed by atoms with Crippen molar-refractivity contribution in [2.45, 2.75) is 75.2 Å². The number of hydrogen-bond acceptors (Lipinski definition) is 7. The van der Waals surface area contributed by atoms with Gasteiger partial charge in [0.25, 0.3) is 11.8 Å². The lowest BCUT2D eigenvalue weighted by Gasteiger charge is -2.56. The molecular weight excluding hydrogens is 462 g/mol. The molecule has 0 unspecified atom stereocenters. The topological polar surface area (TPSA) is 131 Å². The van der Waals surface area contributed by atoms with E-state index in [1.807, 2.05) is 6.92 Å². The maximum atomic E-state index is 13.1. The third-order valence-electron chi connectivity index (χ3n) is 7.33. The molecule has 1 aromatic carbocycles. The molecule has 2 atom stereocenters. The Labute approximate surface area is 201 Å². The van der Waals surface area contributed by atoms with Crippen LogP contribution in [0.1, 0.15) is 72.3 Å². The summed E-state index contributed by atoms with van der Waals surface area (Å²) in [5.74, 6) is -0.0489. The Balaban J connectivity index is 1.24. The van der Waals surface area contributed by atoms with Crippen molar-refractivity contribution in [3.63, 3.8) is 0 Å². The Hall–Kier alpha value is -2.91. The molecule has 10 heteroatoms. The number of aliphatic hydroxyl groups excluding tert-OH is 1. The average molecular weight is 488 g/mol. The van der Waals surface area contributed by atoms with Crippen LogP contribution < -0.4 is 15.4 Å². The van der Waals surface area contributed by atoms with Gasteiger partial charge in [-0.3, -0.25) is 14.4 Å². The fourth-order valence-corrected chi connectivity index (χ4v) is 5.48. The second-order valence-electron chi connectivity index (χ2n) is 9.45. The fraction of sp³-hybridized carbons (Fsp3) is 0.500. The number of nitrogens with zero attached hydrogens (tertiary/aromatic N) is 1. The minimum Gasteiger partial charge on any atom is -0.479 e. The lowest BCUT2D eigenvalue weighted by molar-refractivity contribution is -0.134. The maximum Gasteiger partial charge on any atom is 0.289 e. The number of rotatable bonds is 5. The smallest absolute Gasteiger partial charge is 0.289 e. The highest BCUT2D eigenvalue weighted by molar-refractivity contribution is 6.31. The highest BCUT2D eigenvalue weighted by Gasteiger charge is 2.56. The monoisotopic (exact) mass is 487 g/mol. The number of carbonyl (C=O) groups excluding carboxylic acids is 3. The lowest BCUT2D eigenvalue weighted by atomic mass is 9.59. The number of aryl methyl sites for hydroxylation is 1. The number of hydrogen-bond donors (Lipinski definition) is 3. The van der Waals surface area contributed by atoms with E-state index in [9.17, 15) is 19.5 Å². The zero-order valence-corrected chi connectivity index (χ0v) is 19.5. The van der Waals surface area contributed by atoms with Gasteiger partial charge in [0.15, 0.2) is 17.8 Å². The van der Waals surface area contributed by atoms with Gasteiger partial charge in [-0.1, -0.05) is 18.5 Å². The number of fused-ring (bicyclic) bond motifs is 4. The zero-order chi connectivity index (χ0) is 24.1. The van der Waals surface area contributed by atoms with Crippen molar-refractivity contribution in [2.75, 3.05) is 0 Å². The van der Waals surface area contributed by atoms with Crippen LogP contribution in [0.5, 0.6) is 5.75 Å². The molecular formula is C24H26ClN3O6. The third-order valence-corrected chi connectivity index (χ3v) is 7.56. The van der Waals surface area contributed by atoms with E-state index in [-0.39, 0.29) is 23.9 Å². The minimum atomic E-state index is -0.944. The van der Waals surface area contributed by atoms with Crippen LogP contribution in [0, 0.1) is 0 Å². The molecule has 0 spiro atoms. The molecule has 180 valence electrons. The van der Waals surface area contributed by atoms with E-state index in [0.717, 1.165) is 0 Å². The summed E-state index contributed by atoms with van der Waals surface area (Å²) < 4.78 is 11.2. The second kappa shape index (κ2) is 8.39. The number of benzene rings is 1. The average Bonchev–Trinajstić information content (AvgIpc) is 3.30. The molecule has 3 saturated carbocycles. The van der Waals surface area contributed by atoms with Crippen LogP contribution in [-0.2, 0) is 11.2 Å². The summed E-state index contributed by atoms with van der Waals surface area (Å²) in [6.45, 7) is 1.88. The molecule has 0 saturated heterocycles. The largest absolute Gasteiger partial charge is 0.479 e. The minimum absolute atomic E-state index is 0.0747. The first-order valence-electron chi connectivity index (χ1n) is 11.5. The van der Waals surface area contributed by atoms with Crippen LogP contribution >= 0.6 is 11.6 Å². The van der Waals surface area contributed by atoms with Crippen LogP contribution in [0.15, 0.2) is 28.8 Å². The number of carbonyl (C=O) groups is 3. The van der Waals surface area contributed by atoms with Gasteiger partial charge in [-0.25, -0.2) is 4.98 Å². The van der Waals surface area contributed by atoms with Gasteiger partial charge in [0.1, 0.15) is 5.75 Å². The van der Waals surface area contributed by atoms with Gasteiger partial charge in [-0.2, -0.15) is 0 Å². The number of ether oxygens (including phenoxy) is 1. The van der Waals surface area contributed by atoms with Crippen LogP contribution in [0.4, 0.5) is 0 Å². The van der Waals surface area contributed by atoms with Crippen LogP contribution in [0.2, 0.25) is 5.02 Å². The van der Waals surface area contributed by atoms with Crippen molar-refractivity contribution in [3.05, 3.63) is 46.6 Å². The van der Waals surface area contributed by atoms with E-state index in [4.69, 9.17) is 20.8 Å². The second-order valence-corrected chi connectivity index (χ2v) is 9.88. The third kappa shape index (κ3) is 3.96. The molecule has 1 aromatic heterocycles. The van der Waals surface area contributed by atoms with Gasteiger partial charge in [0, 0.05) is 17.0 Å². The van der Waals surface area contributed by atoms with Gasteiger partial charge in [-0.15, -0.1) is 0 Å². The Kier molecular flexibility index (Phi) is 5.64. The number of oxazole rings is 1. The number of nitrogens with one attached hydrogen (secondary N) is 2. The summed E-state index contributed by atoms with van der Waals surface area (Å²) in [6, 6.07) is 4.74. The van der Waals surface area contributed by atoms with Crippen LogP contribution in [0.25, 0.3) is 0 Å². The van der Waals surface area contributed by atoms with E-state index in [1.54, 1.807) is 18.2 Å². The van der Waals surface area contributed by atoms with Gasteiger partial charge in [0.05, 0.1) is 29.8 Å².